The Hall–Kier alpha value is -1.00. The zero-order valence-corrected chi connectivity index (χ0v) is 15.2. The van der Waals surface area contributed by atoms with E-state index in [0.717, 1.165) is 19.3 Å². The van der Waals surface area contributed by atoms with Crippen LogP contribution in [0.5, 0.6) is 0 Å². The lowest BCUT2D eigenvalue weighted by Crippen LogP contribution is -2.38. The minimum absolute atomic E-state index is 0.113. The summed E-state index contributed by atoms with van der Waals surface area (Å²) in [6.07, 6.45) is 3.64. The number of carboxylic acids is 1. The van der Waals surface area contributed by atoms with E-state index in [0.29, 0.717) is 18.3 Å². The monoisotopic (exact) mass is 347 g/mol. The van der Waals surface area contributed by atoms with Crippen LogP contribution in [0.25, 0.3) is 0 Å². The van der Waals surface area contributed by atoms with E-state index in [1.54, 1.807) is 0 Å². The molecule has 6 nitrogen and oxygen atoms in total. The van der Waals surface area contributed by atoms with Gasteiger partial charge in [0.2, 0.25) is 5.91 Å². The molecule has 3 atom stereocenters. The standard InChI is InChI=1S/C16H30NO5P/c1-11(2)5-4-6-12(3)9-10-16(21,23-22)13(15(19)20)7-8-14(17)18/h11-13,21H,4-10H2,1-3H3,(H2,17,18)(H,19,20). The van der Waals surface area contributed by atoms with Gasteiger partial charge in [-0.2, -0.15) is 0 Å². The minimum Gasteiger partial charge on any atom is -0.481 e. The third kappa shape index (κ3) is 9.01. The van der Waals surface area contributed by atoms with Crippen molar-refractivity contribution in [2.45, 2.75) is 71.1 Å². The van der Waals surface area contributed by atoms with Crippen molar-refractivity contribution in [1.82, 2.24) is 0 Å². The van der Waals surface area contributed by atoms with Gasteiger partial charge in [0.15, 0.2) is 13.8 Å². The number of primary amides is 1. The zero-order chi connectivity index (χ0) is 18.0. The van der Waals surface area contributed by atoms with Gasteiger partial charge in [0.25, 0.3) is 0 Å². The molecule has 0 aromatic carbocycles. The van der Waals surface area contributed by atoms with E-state index in [1.807, 2.05) is 6.92 Å². The van der Waals surface area contributed by atoms with Gasteiger partial charge in [-0.25, -0.2) is 0 Å². The first-order valence-electron chi connectivity index (χ1n) is 8.20. The quantitative estimate of drug-likeness (QED) is 0.442. The maximum absolute atomic E-state index is 11.4. The highest BCUT2D eigenvalue weighted by atomic mass is 31.1. The summed E-state index contributed by atoms with van der Waals surface area (Å²) in [7, 11) is -0.624. The highest BCUT2D eigenvalue weighted by molar-refractivity contribution is 7.25. The summed E-state index contributed by atoms with van der Waals surface area (Å²) in [5.41, 5.74) is 5.03. The Labute approximate surface area is 140 Å². The predicted octanol–water partition coefficient (Wildman–Crippen LogP) is 3.18. The molecule has 0 radical (unpaired) electrons. The van der Waals surface area contributed by atoms with Gasteiger partial charge in [-0.05, 0) is 31.1 Å². The second-order valence-electron chi connectivity index (χ2n) is 6.83. The number of hydrogen-bond acceptors (Lipinski definition) is 4. The van der Waals surface area contributed by atoms with Gasteiger partial charge in [-0.15, -0.1) is 0 Å². The normalized spacial score (nSPS) is 16.9. The Morgan fingerprint density at radius 1 is 1.13 bits per heavy atom. The summed E-state index contributed by atoms with van der Waals surface area (Å²) < 4.78 is 11.4. The fourth-order valence-electron chi connectivity index (χ4n) is 2.60. The van der Waals surface area contributed by atoms with E-state index >= 15 is 0 Å². The van der Waals surface area contributed by atoms with Crippen molar-refractivity contribution in [3.63, 3.8) is 0 Å². The maximum atomic E-state index is 11.4. The minimum atomic E-state index is -1.85. The van der Waals surface area contributed by atoms with Crippen LogP contribution >= 0.6 is 8.46 Å². The number of aliphatic carboxylic acids is 1. The van der Waals surface area contributed by atoms with Crippen LogP contribution in [0.1, 0.15) is 65.7 Å². The van der Waals surface area contributed by atoms with Crippen molar-refractivity contribution in [3.05, 3.63) is 0 Å². The number of rotatable bonds is 13. The number of carboxylic acid groups (broad SMARTS) is 1. The molecule has 0 spiro atoms. The molecule has 0 rings (SSSR count). The van der Waals surface area contributed by atoms with Gasteiger partial charge in [-0.3, -0.25) is 14.2 Å². The fraction of sp³-hybridized carbons (Fsp3) is 0.875. The van der Waals surface area contributed by atoms with Crippen molar-refractivity contribution in [1.29, 1.82) is 0 Å². The second kappa shape index (κ2) is 10.7. The molecule has 0 saturated heterocycles. The van der Waals surface area contributed by atoms with Crippen molar-refractivity contribution >= 4 is 20.3 Å². The molecule has 0 aliphatic heterocycles. The SMILES string of the molecule is CC(C)CCCC(C)CCC(O)(P=O)C(CCC(N)=O)C(=O)O. The molecule has 1 amide bonds. The lowest BCUT2D eigenvalue weighted by Gasteiger charge is -2.28. The Morgan fingerprint density at radius 3 is 2.17 bits per heavy atom. The van der Waals surface area contributed by atoms with E-state index in [1.165, 1.54) is 0 Å². The molecule has 134 valence electrons. The summed E-state index contributed by atoms with van der Waals surface area (Å²) in [6, 6.07) is 0. The average molecular weight is 347 g/mol. The molecule has 0 aliphatic carbocycles. The van der Waals surface area contributed by atoms with Crippen LogP contribution < -0.4 is 5.73 Å². The summed E-state index contributed by atoms with van der Waals surface area (Å²) in [6.45, 7) is 6.37. The van der Waals surface area contributed by atoms with Crippen molar-refractivity contribution in [3.8, 4) is 0 Å². The van der Waals surface area contributed by atoms with Gasteiger partial charge >= 0.3 is 5.97 Å². The number of amides is 1. The molecule has 0 aliphatic rings. The molecule has 3 unspecified atom stereocenters. The van der Waals surface area contributed by atoms with Crippen LogP contribution in [0.4, 0.5) is 0 Å². The largest absolute Gasteiger partial charge is 0.481 e. The van der Waals surface area contributed by atoms with Crippen LogP contribution in [0.2, 0.25) is 0 Å². The van der Waals surface area contributed by atoms with Gasteiger partial charge in [0.05, 0.1) is 5.92 Å². The molecule has 0 fully saturated rings. The van der Waals surface area contributed by atoms with Crippen LogP contribution in [0, 0.1) is 17.8 Å². The van der Waals surface area contributed by atoms with E-state index in [2.05, 4.69) is 13.8 Å². The first kappa shape index (κ1) is 22.0. The molecule has 7 heteroatoms. The molecular weight excluding hydrogens is 317 g/mol. The molecule has 0 saturated carbocycles. The highest BCUT2D eigenvalue weighted by Crippen LogP contribution is 2.38. The molecule has 0 aromatic heterocycles. The zero-order valence-electron chi connectivity index (χ0n) is 14.3. The summed E-state index contributed by atoms with van der Waals surface area (Å²) in [5.74, 6) is -2.21. The van der Waals surface area contributed by atoms with E-state index in [-0.39, 0.29) is 19.3 Å². The van der Waals surface area contributed by atoms with E-state index < -0.39 is 31.6 Å². The number of nitrogens with two attached hydrogens (primary N) is 1. The highest BCUT2D eigenvalue weighted by Gasteiger charge is 2.42. The molecule has 0 heterocycles. The van der Waals surface area contributed by atoms with Gasteiger partial charge in [-0.1, -0.05) is 40.0 Å². The molecule has 0 aromatic rings. The van der Waals surface area contributed by atoms with Crippen LogP contribution in [-0.2, 0) is 14.2 Å². The number of carbonyl (C=O) groups excluding carboxylic acids is 1. The van der Waals surface area contributed by atoms with Crippen LogP contribution in [-0.4, -0.2) is 27.4 Å². The fourth-order valence-corrected chi connectivity index (χ4v) is 3.19. The van der Waals surface area contributed by atoms with E-state index in [4.69, 9.17) is 5.73 Å². The Kier molecular flexibility index (Phi) is 10.2. The molecule has 0 bridgehead atoms. The van der Waals surface area contributed by atoms with Crippen LogP contribution in [0.3, 0.4) is 0 Å². The van der Waals surface area contributed by atoms with Crippen molar-refractivity contribution < 1.29 is 24.4 Å². The summed E-state index contributed by atoms with van der Waals surface area (Å²) >= 11 is 0. The Bertz CT molecular complexity index is 402. The molecule has 23 heavy (non-hydrogen) atoms. The number of hydrogen-bond donors (Lipinski definition) is 3. The Balaban J connectivity index is 4.62. The third-order valence-corrected chi connectivity index (χ3v) is 5.03. The molecule has 4 N–H and O–H groups in total. The lowest BCUT2D eigenvalue weighted by molar-refractivity contribution is -0.148. The van der Waals surface area contributed by atoms with Gasteiger partial charge in [0.1, 0.15) is 0 Å². The first-order chi connectivity index (χ1) is 10.6. The second-order valence-corrected chi connectivity index (χ2v) is 7.79. The van der Waals surface area contributed by atoms with Gasteiger partial charge < -0.3 is 15.9 Å². The van der Waals surface area contributed by atoms with Crippen molar-refractivity contribution in [2.24, 2.45) is 23.5 Å². The van der Waals surface area contributed by atoms with Crippen LogP contribution in [0.15, 0.2) is 0 Å². The third-order valence-electron chi connectivity index (χ3n) is 4.18. The predicted molar refractivity (Wildman–Crippen MR) is 89.2 cm³/mol. The molecular formula is C16H30NO5P. The Morgan fingerprint density at radius 2 is 1.74 bits per heavy atom. The van der Waals surface area contributed by atoms with E-state index in [9.17, 15) is 24.4 Å². The average Bonchev–Trinajstić information content (AvgIpc) is 2.44. The smallest absolute Gasteiger partial charge is 0.310 e. The first-order valence-corrected chi connectivity index (χ1v) is 9.01. The van der Waals surface area contributed by atoms with Crippen molar-refractivity contribution in [2.75, 3.05) is 0 Å². The lowest BCUT2D eigenvalue weighted by atomic mass is 9.88. The maximum Gasteiger partial charge on any atom is 0.310 e. The topological polar surface area (TPSA) is 118 Å². The number of aliphatic hydroxyl groups is 1. The summed E-state index contributed by atoms with van der Waals surface area (Å²) in [5, 5.41) is 17.9. The number of carbonyl (C=O) groups is 2. The van der Waals surface area contributed by atoms with Gasteiger partial charge in [0, 0.05) is 6.42 Å². The summed E-state index contributed by atoms with van der Waals surface area (Å²) in [4.78, 5) is 22.2.